The molecule has 2 aromatic carbocycles. The largest absolute Gasteiger partial charge is 0.493 e. The highest BCUT2D eigenvalue weighted by atomic mass is 32.2. The van der Waals surface area contributed by atoms with Crippen LogP contribution in [0.25, 0.3) is 5.69 Å². The zero-order valence-electron chi connectivity index (χ0n) is 18.8. The molecule has 1 aliphatic heterocycles. The van der Waals surface area contributed by atoms with E-state index >= 15 is 0 Å². The van der Waals surface area contributed by atoms with Crippen molar-refractivity contribution < 1.29 is 22.7 Å². The average molecular weight is 471 g/mol. The molecule has 33 heavy (non-hydrogen) atoms. The molecule has 0 unspecified atom stereocenters. The standard InChI is InChI=1S/C23H26N4O5S/c1-17-10-11-24-27(17)19-6-4-18(5-7-19)23(28)25-12-14-26(15-13-25)33(29,30)20-8-9-21(31-2)22(16-20)32-3/h4-11,16H,12-15H2,1-3H3. The molecule has 10 heteroatoms. The second-order valence-electron chi connectivity index (χ2n) is 7.64. The highest BCUT2D eigenvalue weighted by Gasteiger charge is 2.31. The monoisotopic (exact) mass is 470 g/mol. The zero-order chi connectivity index (χ0) is 23.6. The number of methoxy groups -OCH3 is 2. The normalized spacial score (nSPS) is 14.8. The van der Waals surface area contributed by atoms with E-state index in [-0.39, 0.29) is 23.9 Å². The summed E-state index contributed by atoms with van der Waals surface area (Å²) in [5.74, 6) is 0.684. The minimum atomic E-state index is -3.72. The number of benzene rings is 2. The fourth-order valence-electron chi connectivity index (χ4n) is 3.83. The van der Waals surface area contributed by atoms with Gasteiger partial charge in [-0.05, 0) is 49.4 Å². The van der Waals surface area contributed by atoms with Crippen LogP contribution in [0.15, 0.2) is 59.6 Å². The lowest BCUT2D eigenvalue weighted by Gasteiger charge is -2.34. The van der Waals surface area contributed by atoms with E-state index < -0.39 is 10.0 Å². The molecule has 174 valence electrons. The average Bonchev–Trinajstić information content (AvgIpc) is 3.29. The summed E-state index contributed by atoms with van der Waals surface area (Å²) in [7, 11) is -0.764. The third kappa shape index (κ3) is 4.44. The van der Waals surface area contributed by atoms with Gasteiger partial charge < -0.3 is 14.4 Å². The number of sulfonamides is 1. The number of aromatic nitrogens is 2. The van der Waals surface area contributed by atoms with E-state index in [1.807, 2.05) is 25.1 Å². The molecule has 1 saturated heterocycles. The Morgan fingerprint density at radius 2 is 1.58 bits per heavy atom. The highest BCUT2D eigenvalue weighted by Crippen LogP contribution is 2.31. The van der Waals surface area contributed by atoms with E-state index in [4.69, 9.17) is 9.47 Å². The fourth-order valence-corrected chi connectivity index (χ4v) is 5.26. The Morgan fingerprint density at radius 3 is 2.15 bits per heavy atom. The first-order valence-electron chi connectivity index (χ1n) is 10.5. The first-order chi connectivity index (χ1) is 15.8. The van der Waals surface area contributed by atoms with Gasteiger partial charge in [-0.25, -0.2) is 13.1 Å². The molecular weight excluding hydrogens is 444 g/mol. The van der Waals surface area contributed by atoms with Crippen LogP contribution in [0.4, 0.5) is 0 Å². The van der Waals surface area contributed by atoms with Crippen LogP contribution in [0.3, 0.4) is 0 Å². The van der Waals surface area contributed by atoms with Gasteiger partial charge in [0.1, 0.15) is 0 Å². The SMILES string of the molecule is COc1ccc(S(=O)(=O)N2CCN(C(=O)c3ccc(-n4nccc4C)cc3)CC2)cc1OC. The number of piperazine rings is 1. The van der Waals surface area contributed by atoms with Gasteiger partial charge in [0.2, 0.25) is 10.0 Å². The number of rotatable bonds is 6. The van der Waals surface area contributed by atoms with Crippen LogP contribution in [0.1, 0.15) is 16.1 Å². The van der Waals surface area contributed by atoms with Crippen molar-refractivity contribution in [1.29, 1.82) is 0 Å². The first-order valence-corrected chi connectivity index (χ1v) is 11.9. The molecule has 0 atom stereocenters. The summed E-state index contributed by atoms with van der Waals surface area (Å²) in [6.07, 6.45) is 1.73. The quantitative estimate of drug-likeness (QED) is 0.549. The first kappa shape index (κ1) is 22.8. The van der Waals surface area contributed by atoms with Gasteiger partial charge in [0.25, 0.3) is 5.91 Å². The molecule has 4 rings (SSSR count). The van der Waals surface area contributed by atoms with Crippen molar-refractivity contribution in [2.75, 3.05) is 40.4 Å². The minimum Gasteiger partial charge on any atom is -0.493 e. The molecule has 0 aliphatic carbocycles. The fraction of sp³-hybridized carbons (Fsp3) is 0.304. The van der Waals surface area contributed by atoms with Crippen molar-refractivity contribution in [2.45, 2.75) is 11.8 Å². The summed E-state index contributed by atoms with van der Waals surface area (Å²) < 4.78 is 39.8. The maximum atomic E-state index is 13.1. The third-order valence-electron chi connectivity index (χ3n) is 5.71. The number of hydrogen-bond donors (Lipinski definition) is 0. The van der Waals surface area contributed by atoms with Crippen LogP contribution in [0, 0.1) is 6.92 Å². The van der Waals surface area contributed by atoms with Crippen LogP contribution < -0.4 is 9.47 Å². The van der Waals surface area contributed by atoms with Crippen molar-refractivity contribution in [3.05, 3.63) is 66.0 Å². The summed E-state index contributed by atoms with van der Waals surface area (Å²) >= 11 is 0. The second-order valence-corrected chi connectivity index (χ2v) is 9.58. The van der Waals surface area contributed by atoms with E-state index in [9.17, 15) is 13.2 Å². The lowest BCUT2D eigenvalue weighted by Crippen LogP contribution is -2.50. The number of hydrogen-bond acceptors (Lipinski definition) is 6. The van der Waals surface area contributed by atoms with Crippen LogP contribution in [-0.4, -0.2) is 73.7 Å². The highest BCUT2D eigenvalue weighted by molar-refractivity contribution is 7.89. The van der Waals surface area contributed by atoms with Gasteiger partial charge in [-0.3, -0.25) is 4.79 Å². The Labute approximate surface area is 193 Å². The van der Waals surface area contributed by atoms with Gasteiger partial charge in [-0.1, -0.05) is 0 Å². The number of aryl methyl sites for hydroxylation is 1. The number of ether oxygens (including phenoxy) is 2. The predicted octanol–water partition coefficient (Wildman–Crippen LogP) is 2.34. The van der Waals surface area contributed by atoms with Gasteiger partial charge in [-0.2, -0.15) is 9.40 Å². The van der Waals surface area contributed by atoms with Crippen LogP contribution in [0.5, 0.6) is 11.5 Å². The topological polar surface area (TPSA) is 94.0 Å². The van der Waals surface area contributed by atoms with Crippen molar-refractivity contribution in [3.63, 3.8) is 0 Å². The van der Waals surface area contributed by atoms with E-state index in [0.29, 0.717) is 30.2 Å². The Morgan fingerprint density at radius 1 is 0.909 bits per heavy atom. The molecule has 9 nitrogen and oxygen atoms in total. The van der Waals surface area contributed by atoms with Crippen molar-refractivity contribution in [1.82, 2.24) is 19.0 Å². The molecule has 1 amide bonds. The molecule has 1 fully saturated rings. The number of nitrogens with zero attached hydrogens (tertiary/aromatic N) is 4. The van der Waals surface area contributed by atoms with E-state index in [1.165, 1.54) is 30.7 Å². The summed E-state index contributed by atoms with van der Waals surface area (Å²) in [4.78, 5) is 14.8. The van der Waals surface area contributed by atoms with Crippen molar-refractivity contribution in [3.8, 4) is 17.2 Å². The molecule has 0 bridgehead atoms. The van der Waals surface area contributed by atoms with Gasteiger partial charge in [0.15, 0.2) is 11.5 Å². The molecule has 0 radical (unpaired) electrons. The Kier molecular flexibility index (Phi) is 6.39. The lowest BCUT2D eigenvalue weighted by atomic mass is 10.1. The van der Waals surface area contributed by atoms with Gasteiger partial charge >= 0.3 is 0 Å². The molecule has 0 spiro atoms. The number of carbonyl (C=O) groups excluding carboxylic acids is 1. The van der Waals surface area contributed by atoms with Gasteiger partial charge in [0, 0.05) is 49.7 Å². The molecule has 3 aromatic rings. The van der Waals surface area contributed by atoms with Crippen LogP contribution >= 0.6 is 0 Å². The van der Waals surface area contributed by atoms with Crippen molar-refractivity contribution >= 4 is 15.9 Å². The van der Waals surface area contributed by atoms with Crippen molar-refractivity contribution in [2.24, 2.45) is 0 Å². The van der Waals surface area contributed by atoms with Crippen LogP contribution in [-0.2, 0) is 10.0 Å². The Bertz CT molecular complexity index is 1250. The summed E-state index contributed by atoms with van der Waals surface area (Å²) in [6.45, 7) is 3.01. The lowest BCUT2D eigenvalue weighted by molar-refractivity contribution is 0.0698. The Balaban J connectivity index is 1.43. The summed E-state index contributed by atoms with van der Waals surface area (Å²) in [5.41, 5.74) is 2.43. The van der Waals surface area contributed by atoms with E-state index in [2.05, 4.69) is 5.10 Å². The smallest absolute Gasteiger partial charge is 0.253 e. The summed E-state index contributed by atoms with van der Waals surface area (Å²) in [5, 5.41) is 4.27. The maximum absolute atomic E-state index is 13.1. The Hall–Kier alpha value is -3.37. The molecule has 0 N–H and O–H groups in total. The van der Waals surface area contributed by atoms with Gasteiger partial charge in [-0.15, -0.1) is 0 Å². The summed E-state index contributed by atoms with van der Waals surface area (Å²) in [6, 6.07) is 13.7. The number of carbonyl (C=O) groups is 1. The van der Waals surface area contributed by atoms with Crippen LogP contribution in [0.2, 0.25) is 0 Å². The molecule has 0 saturated carbocycles. The molecule has 1 aliphatic rings. The third-order valence-corrected chi connectivity index (χ3v) is 7.60. The number of amides is 1. The molecular formula is C23H26N4O5S. The zero-order valence-corrected chi connectivity index (χ0v) is 19.6. The second kappa shape index (κ2) is 9.24. The maximum Gasteiger partial charge on any atom is 0.253 e. The molecule has 1 aromatic heterocycles. The van der Waals surface area contributed by atoms with E-state index in [1.54, 1.807) is 34.0 Å². The van der Waals surface area contributed by atoms with Gasteiger partial charge in [0.05, 0.1) is 24.8 Å². The minimum absolute atomic E-state index is 0.123. The predicted molar refractivity (Wildman–Crippen MR) is 123 cm³/mol. The molecule has 2 heterocycles. The van der Waals surface area contributed by atoms with E-state index in [0.717, 1.165) is 11.4 Å².